The normalized spacial score (nSPS) is 15.4. The van der Waals surface area contributed by atoms with E-state index in [9.17, 15) is 8.42 Å². The molecule has 9 nitrogen and oxygen atoms in total. The van der Waals surface area contributed by atoms with Gasteiger partial charge in [-0.05, 0) is 24.3 Å². The highest BCUT2D eigenvalue weighted by Gasteiger charge is 2.29. The van der Waals surface area contributed by atoms with Gasteiger partial charge in [0, 0.05) is 44.6 Å². The molecule has 0 unspecified atom stereocenters. The molecule has 1 saturated heterocycles. The van der Waals surface area contributed by atoms with Crippen LogP contribution in [0.4, 0.5) is 5.82 Å². The van der Waals surface area contributed by atoms with Crippen molar-refractivity contribution in [2.45, 2.75) is 4.90 Å². The molecule has 152 valence electrons. The fraction of sp³-hybridized carbons (Fsp3) is 0.278. The van der Waals surface area contributed by atoms with E-state index in [0.29, 0.717) is 37.7 Å². The van der Waals surface area contributed by atoms with Gasteiger partial charge in [0.25, 0.3) is 0 Å². The summed E-state index contributed by atoms with van der Waals surface area (Å²) in [4.78, 5) is 10.7. The molecule has 1 fully saturated rings. The van der Waals surface area contributed by atoms with E-state index >= 15 is 0 Å². The summed E-state index contributed by atoms with van der Waals surface area (Å²) in [6.07, 6.45) is 4.96. The second kappa shape index (κ2) is 7.97. The number of rotatable bonds is 5. The molecule has 0 spiro atoms. The van der Waals surface area contributed by atoms with E-state index in [-0.39, 0.29) is 9.92 Å². The van der Waals surface area contributed by atoms with E-state index in [0.717, 1.165) is 5.82 Å². The lowest BCUT2D eigenvalue weighted by molar-refractivity contribution is 0.383. The quantitative estimate of drug-likeness (QED) is 0.604. The highest BCUT2D eigenvalue weighted by atomic mass is 35.5. The SMILES string of the molecule is COc1ccc(S(=O)(=O)N2CCN(c3cc(-n4cccn4)ncn3)CC2)cc1Cl. The van der Waals surface area contributed by atoms with E-state index < -0.39 is 10.0 Å². The highest BCUT2D eigenvalue weighted by molar-refractivity contribution is 7.89. The van der Waals surface area contributed by atoms with Crippen LogP contribution in [0.3, 0.4) is 0 Å². The Bertz CT molecular complexity index is 1100. The molecule has 3 heterocycles. The fourth-order valence-electron chi connectivity index (χ4n) is 3.15. The summed E-state index contributed by atoms with van der Waals surface area (Å²) >= 11 is 6.10. The van der Waals surface area contributed by atoms with Crippen molar-refractivity contribution >= 4 is 27.4 Å². The van der Waals surface area contributed by atoms with Gasteiger partial charge in [0.05, 0.1) is 17.0 Å². The molecule has 0 saturated carbocycles. The molecule has 1 aliphatic rings. The van der Waals surface area contributed by atoms with Gasteiger partial charge in [-0.3, -0.25) is 0 Å². The van der Waals surface area contributed by atoms with Gasteiger partial charge in [0.2, 0.25) is 10.0 Å². The number of ether oxygens (including phenoxy) is 1. The van der Waals surface area contributed by atoms with Gasteiger partial charge >= 0.3 is 0 Å². The number of piperazine rings is 1. The first-order chi connectivity index (χ1) is 14.0. The van der Waals surface area contributed by atoms with Crippen LogP contribution in [0, 0.1) is 0 Å². The molecule has 0 bridgehead atoms. The third-order valence-electron chi connectivity index (χ3n) is 4.70. The largest absolute Gasteiger partial charge is 0.495 e. The summed E-state index contributed by atoms with van der Waals surface area (Å²) < 4.78 is 34.1. The highest BCUT2D eigenvalue weighted by Crippen LogP contribution is 2.29. The minimum absolute atomic E-state index is 0.153. The topological polar surface area (TPSA) is 93.5 Å². The monoisotopic (exact) mass is 434 g/mol. The van der Waals surface area contributed by atoms with Crippen molar-refractivity contribution in [3.8, 4) is 11.6 Å². The Kier molecular flexibility index (Phi) is 5.39. The molecular formula is C18H19ClN6O3S. The third-order valence-corrected chi connectivity index (χ3v) is 6.89. The maximum Gasteiger partial charge on any atom is 0.243 e. The molecule has 3 aromatic rings. The third kappa shape index (κ3) is 3.91. The van der Waals surface area contributed by atoms with Gasteiger partial charge < -0.3 is 9.64 Å². The van der Waals surface area contributed by atoms with E-state index in [1.165, 1.54) is 29.9 Å². The van der Waals surface area contributed by atoms with E-state index in [1.807, 2.05) is 17.0 Å². The average Bonchev–Trinajstić information content (AvgIpc) is 3.29. The van der Waals surface area contributed by atoms with Crippen molar-refractivity contribution in [2.75, 3.05) is 38.2 Å². The van der Waals surface area contributed by atoms with Gasteiger partial charge in [0.15, 0.2) is 5.82 Å². The Morgan fingerprint density at radius 1 is 1.07 bits per heavy atom. The molecule has 0 radical (unpaired) electrons. The Morgan fingerprint density at radius 3 is 2.48 bits per heavy atom. The molecule has 2 aromatic heterocycles. The van der Waals surface area contributed by atoms with Crippen LogP contribution in [0.15, 0.2) is 53.9 Å². The molecule has 0 atom stereocenters. The molecule has 11 heteroatoms. The van der Waals surface area contributed by atoms with Gasteiger partial charge in [0.1, 0.15) is 17.9 Å². The number of methoxy groups -OCH3 is 1. The van der Waals surface area contributed by atoms with Crippen molar-refractivity contribution in [1.29, 1.82) is 0 Å². The maximum atomic E-state index is 13.0. The first-order valence-corrected chi connectivity index (χ1v) is 10.7. The predicted octanol–water partition coefficient (Wildman–Crippen LogP) is 1.84. The average molecular weight is 435 g/mol. The molecule has 29 heavy (non-hydrogen) atoms. The standard InChI is InChI=1S/C18H19ClN6O3S/c1-28-16-4-3-14(11-15(16)19)29(26,27)24-9-7-23(8-10-24)17-12-18(21-13-20-17)25-6-2-5-22-25/h2-6,11-13H,7-10H2,1H3. The van der Waals surface area contributed by atoms with Gasteiger partial charge in [-0.25, -0.2) is 23.1 Å². The number of aromatic nitrogens is 4. The van der Waals surface area contributed by atoms with Gasteiger partial charge in [-0.2, -0.15) is 9.40 Å². The summed E-state index contributed by atoms with van der Waals surface area (Å²) in [5.41, 5.74) is 0. The fourth-order valence-corrected chi connectivity index (χ4v) is 4.93. The number of hydrogen-bond donors (Lipinski definition) is 0. The van der Waals surface area contributed by atoms with Crippen LogP contribution in [0.25, 0.3) is 5.82 Å². The number of hydrogen-bond acceptors (Lipinski definition) is 7. The first kappa shape index (κ1) is 19.6. The Balaban J connectivity index is 1.48. The van der Waals surface area contributed by atoms with Crippen LogP contribution < -0.4 is 9.64 Å². The van der Waals surface area contributed by atoms with Crippen LogP contribution in [0.1, 0.15) is 0 Å². The lowest BCUT2D eigenvalue weighted by Crippen LogP contribution is -2.49. The van der Waals surface area contributed by atoms with Gasteiger partial charge in [-0.1, -0.05) is 11.6 Å². The smallest absolute Gasteiger partial charge is 0.243 e. The molecule has 0 N–H and O–H groups in total. The minimum atomic E-state index is -3.64. The zero-order valence-electron chi connectivity index (χ0n) is 15.6. The van der Waals surface area contributed by atoms with Crippen molar-refractivity contribution < 1.29 is 13.2 Å². The first-order valence-electron chi connectivity index (χ1n) is 8.90. The number of anilines is 1. The lowest BCUT2D eigenvalue weighted by atomic mass is 10.3. The van der Waals surface area contributed by atoms with E-state index in [2.05, 4.69) is 15.1 Å². The Labute approximate surface area is 173 Å². The summed E-state index contributed by atoms with van der Waals surface area (Å²) in [5, 5.41) is 4.43. The molecular weight excluding hydrogens is 416 g/mol. The van der Waals surface area contributed by atoms with Crippen molar-refractivity contribution in [2.24, 2.45) is 0 Å². The van der Waals surface area contributed by atoms with Crippen molar-refractivity contribution in [3.05, 3.63) is 54.1 Å². The van der Waals surface area contributed by atoms with Crippen molar-refractivity contribution in [3.63, 3.8) is 0 Å². The van der Waals surface area contributed by atoms with Crippen LogP contribution in [-0.4, -0.2) is 65.8 Å². The van der Waals surface area contributed by atoms with E-state index in [4.69, 9.17) is 16.3 Å². The molecule has 0 amide bonds. The van der Waals surface area contributed by atoms with Crippen LogP contribution in [0.5, 0.6) is 5.75 Å². The minimum Gasteiger partial charge on any atom is -0.495 e. The molecule has 0 aliphatic carbocycles. The number of benzene rings is 1. The zero-order chi connectivity index (χ0) is 20.4. The number of nitrogens with zero attached hydrogens (tertiary/aromatic N) is 6. The maximum absolute atomic E-state index is 13.0. The summed E-state index contributed by atoms with van der Waals surface area (Å²) in [6, 6.07) is 8.14. The van der Waals surface area contributed by atoms with E-state index in [1.54, 1.807) is 23.1 Å². The summed E-state index contributed by atoms with van der Waals surface area (Å²) in [7, 11) is -2.15. The zero-order valence-corrected chi connectivity index (χ0v) is 17.2. The molecule has 1 aromatic carbocycles. The number of sulfonamides is 1. The second-order valence-electron chi connectivity index (χ2n) is 6.37. The van der Waals surface area contributed by atoms with Crippen LogP contribution in [-0.2, 0) is 10.0 Å². The number of halogens is 1. The summed E-state index contributed by atoms with van der Waals surface area (Å²) in [5.74, 6) is 1.82. The molecule has 4 rings (SSSR count). The van der Waals surface area contributed by atoms with Crippen molar-refractivity contribution in [1.82, 2.24) is 24.1 Å². The summed E-state index contributed by atoms with van der Waals surface area (Å²) in [6.45, 7) is 1.71. The second-order valence-corrected chi connectivity index (χ2v) is 8.72. The lowest BCUT2D eigenvalue weighted by Gasteiger charge is -2.34. The van der Waals surface area contributed by atoms with Crippen LogP contribution >= 0.6 is 11.6 Å². The van der Waals surface area contributed by atoms with Gasteiger partial charge in [-0.15, -0.1) is 0 Å². The Hall–Kier alpha value is -2.69. The Morgan fingerprint density at radius 2 is 1.83 bits per heavy atom. The van der Waals surface area contributed by atoms with Crippen LogP contribution in [0.2, 0.25) is 5.02 Å². The molecule has 1 aliphatic heterocycles. The predicted molar refractivity (Wildman–Crippen MR) is 108 cm³/mol.